The fourth-order valence-corrected chi connectivity index (χ4v) is 2.07. The Balaban J connectivity index is 0.00000162. The second-order valence-electron chi connectivity index (χ2n) is 4.82. The lowest BCUT2D eigenvalue weighted by Crippen LogP contribution is -2.23. The average molecular weight is 269 g/mol. The van der Waals surface area contributed by atoms with Crippen LogP contribution in [0.5, 0.6) is 0 Å². The van der Waals surface area contributed by atoms with Gasteiger partial charge in [-0.1, -0.05) is 19.1 Å². The first-order chi connectivity index (χ1) is 8.20. The van der Waals surface area contributed by atoms with Crippen LogP contribution in [0.2, 0.25) is 0 Å². The second-order valence-corrected chi connectivity index (χ2v) is 4.82. The normalized spacial score (nSPS) is 15.7. The van der Waals surface area contributed by atoms with Crippen molar-refractivity contribution < 1.29 is 4.79 Å². The van der Waals surface area contributed by atoms with E-state index in [1.165, 1.54) is 5.56 Å². The first kappa shape index (κ1) is 15.0. The van der Waals surface area contributed by atoms with E-state index in [2.05, 4.69) is 17.6 Å². The highest BCUT2D eigenvalue weighted by Crippen LogP contribution is 2.49. The molecule has 1 fully saturated rings. The molecule has 0 atom stereocenters. The van der Waals surface area contributed by atoms with Gasteiger partial charge in [-0.15, -0.1) is 12.4 Å². The molecular formula is C14H21ClN2O. The minimum atomic E-state index is -0.0658. The van der Waals surface area contributed by atoms with Crippen molar-refractivity contribution in [1.29, 1.82) is 0 Å². The molecule has 2 rings (SSSR count). The molecule has 0 saturated heterocycles. The van der Waals surface area contributed by atoms with Crippen LogP contribution < -0.4 is 10.6 Å². The van der Waals surface area contributed by atoms with E-state index in [9.17, 15) is 4.79 Å². The lowest BCUT2D eigenvalue weighted by molar-refractivity contribution is -0.121. The summed E-state index contributed by atoms with van der Waals surface area (Å²) in [6, 6.07) is 8.02. The summed E-state index contributed by atoms with van der Waals surface area (Å²) in [4.78, 5) is 12.0. The zero-order valence-corrected chi connectivity index (χ0v) is 11.8. The molecule has 0 bridgehead atoms. The molecule has 100 valence electrons. The van der Waals surface area contributed by atoms with Gasteiger partial charge in [-0.05, 0) is 44.0 Å². The van der Waals surface area contributed by atoms with Gasteiger partial charge in [0.25, 0.3) is 0 Å². The molecule has 0 heterocycles. The van der Waals surface area contributed by atoms with Crippen LogP contribution in [0.4, 0.5) is 5.69 Å². The van der Waals surface area contributed by atoms with Crippen LogP contribution in [0.3, 0.4) is 0 Å². The van der Waals surface area contributed by atoms with Gasteiger partial charge >= 0.3 is 0 Å². The molecule has 1 aromatic rings. The van der Waals surface area contributed by atoms with Crippen molar-refractivity contribution in [2.24, 2.45) is 5.41 Å². The molecule has 18 heavy (non-hydrogen) atoms. The third-order valence-electron chi connectivity index (χ3n) is 3.60. The van der Waals surface area contributed by atoms with Gasteiger partial charge in [0.05, 0.1) is 0 Å². The lowest BCUT2D eigenvalue weighted by atomic mass is 10.0. The van der Waals surface area contributed by atoms with Gasteiger partial charge in [0.1, 0.15) is 0 Å². The van der Waals surface area contributed by atoms with Gasteiger partial charge in [-0.25, -0.2) is 0 Å². The number of hydrogen-bond acceptors (Lipinski definition) is 2. The number of hydrogen-bond donors (Lipinski definition) is 2. The Morgan fingerprint density at radius 2 is 1.89 bits per heavy atom. The summed E-state index contributed by atoms with van der Waals surface area (Å²) in [7, 11) is 1.92. The molecule has 0 radical (unpaired) electrons. The van der Waals surface area contributed by atoms with Gasteiger partial charge in [0.15, 0.2) is 0 Å². The fraction of sp³-hybridized carbons (Fsp3) is 0.500. The van der Waals surface area contributed by atoms with Crippen LogP contribution in [0, 0.1) is 5.41 Å². The minimum absolute atomic E-state index is 0. The van der Waals surface area contributed by atoms with Crippen molar-refractivity contribution in [2.45, 2.75) is 32.7 Å². The topological polar surface area (TPSA) is 41.1 Å². The number of carbonyl (C=O) groups is 1. The van der Waals surface area contributed by atoms with E-state index < -0.39 is 0 Å². The molecule has 4 heteroatoms. The van der Waals surface area contributed by atoms with Gasteiger partial charge in [-0.3, -0.25) is 4.79 Å². The van der Waals surface area contributed by atoms with Crippen molar-refractivity contribution >= 4 is 24.0 Å². The summed E-state index contributed by atoms with van der Waals surface area (Å²) >= 11 is 0. The molecule has 0 unspecified atom stereocenters. The second kappa shape index (κ2) is 6.21. The molecule has 2 N–H and O–H groups in total. The van der Waals surface area contributed by atoms with Crippen LogP contribution in [0.25, 0.3) is 0 Å². The number of halogens is 1. The van der Waals surface area contributed by atoms with Crippen LogP contribution in [0.1, 0.15) is 31.7 Å². The summed E-state index contributed by atoms with van der Waals surface area (Å²) in [5, 5.41) is 6.11. The largest absolute Gasteiger partial charge is 0.326 e. The van der Waals surface area contributed by atoms with Crippen molar-refractivity contribution in [3.05, 3.63) is 29.8 Å². The van der Waals surface area contributed by atoms with Crippen molar-refractivity contribution in [2.75, 3.05) is 12.4 Å². The maximum absolute atomic E-state index is 12.0. The maximum Gasteiger partial charge on any atom is 0.230 e. The van der Waals surface area contributed by atoms with Gasteiger partial charge in [-0.2, -0.15) is 0 Å². The highest BCUT2D eigenvalue weighted by atomic mass is 35.5. The smallest absolute Gasteiger partial charge is 0.230 e. The molecule has 0 aromatic heterocycles. The van der Waals surface area contributed by atoms with E-state index in [0.29, 0.717) is 0 Å². The first-order valence-electron chi connectivity index (χ1n) is 6.25. The Kier molecular flexibility index (Phi) is 5.17. The van der Waals surface area contributed by atoms with Gasteiger partial charge in [0.2, 0.25) is 5.91 Å². The van der Waals surface area contributed by atoms with Crippen molar-refractivity contribution in [3.8, 4) is 0 Å². The zero-order valence-electron chi connectivity index (χ0n) is 11.0. The number of benzene rings is 1. The zero-order chi connectivity index (χ0) is 12.3. The molecule has 1 aliphatic rings. The van der Waals surface area contributed by atoms with Crippen molar-refractivity contribution in [3.63, 3.8) is 0 Å². The SMILES string of the molecule is CCC1(C(=O)Nc2ccc(CNC)cc2)CC1.Cl. The summed E-state index contributed by atoms with van der Waals surface area (Å²) < 4.78 is 0. The number of rotatable bonds is 5. The first-order valence-corrected chi connectivity index (χ1v) is 6.25. The van der Waals surface area contributed by atoms with E-state index in [-0.39, 0.29) is 23.7 Å². The molecule has 3 nitrogen and oxygen atoms in total. The quantitative estimate of drug-likeness (QED) is 0.862. The molecule has 0 spiro atoms. The Bertz CT molecular complexity index is 399. The van der Waals surface area contributed by atoms with Crippen molar-refractivity contribution in [1.82, 2.24) is 5.32 Å². The maximum atomic E-state index is 12.0. The van der Waals surface area contributed by atoms with E-state index >= 15 is 0 Å². The summed E-state index contributed by atoms with van der Waals surface area (Å²) in [5.74, 6) is 0.182. The summed E-state index contributed by atoms with van der Waals surface area (Å²) in [5.41, 5.74) is 2.06. The highest BCUT2D eigenvalue weighted by molar-refractivity contribution is 5.97. The van der Waals surface area contributed by atoms with Crippen LogP contribution in [-0.2, 0) is 11.3 Å². The van der Waals surface area contributed by atoms with E-state index in [4.69, 9.17) is 0 Å². The highest BCUT2D eigenvalue weighted by Gasteiger charge is 2.47. The Morgan fingerprint density at radius 3 is 2.33 bits per heavy atom. The molecule has 1 aliphatic carbocycles. The molecule has 1 amide bonds. The van der Waals surface area contributed by atoms with Crippen LogP contribution >= 0.6 is 12.4 Å². The fourth-order valence-electron chi connectivity index (χ4n) is 2.07. The van der Waals surface area contributed by atoms with E-state index in [1.807, 2.05) is 31.3 Å². The number of amides is 1. The predicted octanol–water partition coefficient (Wildman–Crippen LogP) is 2.96. The Labute approximate surface area is 115 Å². The minimum Gasteiger partial charge on any atom is -0.326 e. The predicted molar refractivity (Wildman–Crippen MR) is 77.0 cm³/mol. The third kappa shape index (κ3) is 3.24. The molecule has 0 aliphatic heterocycles. The van der Waals surface area contributed by atoms with Crippen LogP contribution in [-0.4, -0.2) is 13.0 Å². The molecule has 1 saturated carbocycles. The third-order valence-corrected chi connectivity index (χ3v) is 3.60. The Morgan fingerprint density at radius 1 is 1.28 bits per heavy atom. The summed E-state index contributed by atoms with van der Waals surface area (Å²) in [6.07, 6.45) is 3.01. The van der Waals surface area contributed by atoms with Crippen LogP contribution in [0.15, 0.2) is 24.3 Å². The molecule has 1 aromatic carbocycles. The Hall–Kier alpha value is -1.06. The van der Waals surface area contributed by atoms with E-state index in [1.54, 1.807) is 0 Å². The van der Waals surface area contributed by atoms with Gasteiger partial charge in [0, 0.05) is 17.6 Å². The molecular weight excluding hydrogens is 248 g/mol. The monoisotopic (exact) mass is 268 g/mol. The average Bonchev–Trinajstić information content (AvgIpc) is 3.13. The number of carbonyl (C=O) groups excluding carboxylic acids is 1. The summed E-state index contributed by atoms with van der Waals surface area (Å²) in [6.45, 7) is 2.94. The number of nitrogens with one attached hydrogen (secondary N) is 2. The van der Waals surface area contributed by atoms with Gasteiger partial charge < -0.3 is 10.6 Å². The number of anilines is 1. The lowest BCUT2D eigenvalue weighted by Gasteiger charge is -2.13. The van der Waals surface area contributed by atoms with E-state index in [0.717, 1.165) is 31.5 Å². The standard InChI is InChI=1S/C14H20N2O.ClH/c1-3-14(8-9-14)13(17)16-12-6-4-11(5-7-12)10-15-2;/h4-7,15H,3,8-10H2,1-2H3,(H,16,17);1H.